The molecule has 0 unspecified atom stereocenters. The standard InChI is InChI=1S/C22H19N5O3/c1-2-9-27-21(29)18-8-7-17(10-19(18)22(27)30)20(28)24-11-15-3-5-16(6-4-15)12-26-14-23-13-25-26/h2-8,10,13-14H,1,9,11-12H2,(H,24,28). The van der Waals surface area contributed by atoms with E-state index in [0.29, 0.717) is 24.2 Å². The van der Waals surface area contributed by atoms with Crippen LogP contribution in [0.25, 0.3) is 0 Å². The number of nitrogens with one attached hydrogen (secondary N) is 1. The van der Waals surface area contributed by atoms with Gasteiger partial charge in [0.15, 0.2) is 0 Å². The van der Waals surface area contributed by atoms with Crippen LogP contribution in [0.3, 0.4) is 0 Å². The highest BCUT2D eigenvalue weighted by atomic mass is 16.2. The van der Waals surface area contributed by atoms with Gasteiger partial charge in [-0.05, 0) is 29.3 Å². The summed E-state index contributed by atoms with van der Waals surface area (Å²) < 4.78 is 1.73. The van der Waals surface area contributed by atoms with E-state index in [9.17, 15) is 14.4 Å². The van der Waals surface area contributed by atoms with Crippen molar-refractivity contribution in [3.8, 4) is 0 Å². The monoisotopic (exact) mass is 401 g/mol. The Morgan fingerprint density at radius 1 is 1.03 bits per heavy atom. The molecule has 1 aliphatic rings. The van der Waals surface area contributed by atoms with E-state index in [1.54, 1.807) is 17.1 Å². The first-order chi connectivity index (χ1) is 14.6. The first-order valence-corrected chi connectivity index (χ1v) is 9.36. The molecule has 8 heteroatoms. The van der Waals surface area contributed by atoms with Gasteiger partial charge in [0.1, 0.15) is 12.7 Å². The summed E-state index contributed by atoms with van der Waals surface area (Å²) in [5.41, 5.74) is 2.89. The summed E-state index contributed by atoms with van der Waals surface area (Å²) in [6.07, 6.45) is 4.63. The summed E-state index contributed by atoms with van der Waals surface area (Å²) in [5, 5.41) is 6.91. The average molecular weight is 401 g/mol. The molecule has 3 amide bonds. The number of carbonyl (C=O) groups is 3. The van der Waals surface area contributed by atoms with Crippen molar-refractivity contribution in [2.24, 2.45) is 0 Å². The average Bonchev–Trinajstić information content (AvgIpc) is 3.35. The topological polar surface area (TPSA) is 97.2 Å². The Morgan fingerprint density at radius 3 is 2.47 bits per heavy atom. The molecule has 0 radical (unpaired) electrons. The van der Waals surface area contributed by atoms with Gasteiger partial charge in [0.2, 0.25) is 0 Å². The summed E-state index contributed by atoms with van der Waals surface area (Å²) in [6.45, 7) is 4.67. The third-order valence-corrected chi connectivity index (χ3v) is 4.83. The van der Waals surface area contributed by atoms with Gasteiger partial charge < -0.3 is 5.32 Å². The third kappa shape index (κ3) is 3.75. The minimum absolute atomic E-state index is 0.140. The van der Waals surface area contributed by atoms with E-state index in [2.05, 4.69) is 22.0 Å². The normalized spacial score (nSPS) is 12.7. The molecule has 30 heavy (non-hydrogen) atoms. The summed E-state index contributed by atoms with van der Waals surface area (Å²) in [5.74, 6) is -1.09. The molecular formula is C22H19N5O3. The van der Waals surface area contributed by atoms with Crippen LogP contribution in [-0.2, 0) is 13.1 Å². The molecule has 2 aromatic carbocycles. The number of hydrogen-bond donors (Lipinski definition) is 1. The highest BCUT2D eigenvalue weighted by Gasteiger charge is 2.35. The summed E-state index contributed by atoms with van der Waals surface area (Å²) in [6, 6.07) is 12.4. The lowest BCUT2D eigenvalue weighted by Gasteiger charge is -2.09. The molecule has 0 fully saturated rings. The van der Waals surface area contributed by atoms with Crippen LogP contribution < -0.4 is 5.32 Å². The smallest absolute Gasteiger partial charge is 0.261 e. The molecule has 0 bridgehead atoms. The molecule has 0 saturated heterocycles. The Bertz CT molecular complexity index is 1120. The Balaban J connectivity index is 1.40. The summed E-state index contributed by atoms with van der Waals surface area (Å²) in [4.78, 5) is 42.2. The van der Waals surface area contributed by atoms with Crippen molar-refractivity contribution in [2.45, 2.75) is 13.1 Å². The van der Waals surface area contributed by atoms with E-state index < -0.39 is 5.91 Å². The van der Waals surface area contributed by atoms with Crippen molar-refractivity contribution < 1.29 is 14.4 Å². The Hall–Kier alpha value is -4.07. The van der Waals surface area contributed by atoms with Crippen LogP contribution in [0.5, 0.6) is 0 Å². The number of amides is 3. The number of nitrogens with zero attached hydrogens (tertiary/aromatic N) is 4. The van der Waals surface area contributed by atoms with Gasteiger partial charge in [-0.15, -0.1) is 6.58 Å². The van der Waals surface area contributed by atoms with Gasteiger partial charge in [0.05, 0.1) is 17.7 Å². The molecular weight excluding hydrogens is 382 g/mol. The number of rotatable bonds is 7. The molecule has 3 aromatic rings. The van der Waals surface area contributed by atoms with Crippen LogP contribution in [-0.4, -0.2) is 43.9 Å². The van der Waals surface area contributed by atoms with E-state index in [1.165, 1.54) is 24.5 Å². The van der Waals surface area contributed by atoms with Gasteiger partial charge in [-0.2, -0.15) is 5.10 Å². The van der Waals surface area contributed by atoms with Crippen molar-refractivity contribution in [3.05, 3.63) is 95.6 Å². The largest absolute Gasteiger partial charge is 0.348 e. The number of aromatic nitrogens is 3. The van der Waals surface area contributed by atoms with Crippen molar-refractivity contribution in [2.75, 3.05) is 6.54 Å². The SMILES string of the molecule is C=CCN1C(=O)c2ccc(C(=O)NCc3ccc(Cn4cncn4)cc3)cc2C1=O. The molecule has 1 N–H and O–H groups in total. The fourth-order valence-corrected chi connectivity index (χ4v) is 3.28. The van der Waals surface area contributed by atoms with Gasteiger partial charge in [0.25, 0.3) is 17.7 Å². The van der Waals surface area contributed by atoms with E-state index in [1.807, 2.05) is 24.3 Å². The number of imide groups is 1. The first kappa shape index (κ1) is 19.3. The van der Waals surface area contributed by atoms with Crippen molar-refractivity contribution >= 4 is 17.7 Å². The Morgan fingerprint density at radius 2 is 1.77 bits per heavy atom. The zero-order chi connectivity index (χ0) is 21.1. The van der Waals surface area contributed by atoms with Crippen LogP contribution >= 0.6 is 0 Å². The van der Waals surface area contributed by atoms with E-state index in [-0.39, 0.29) is 23.9 Å². The van der Waals surface area contributed by atoms with Crippen molar-refractivity contribution in [3.63, 3.8) is 0 Å². The maximum atomic E-state index is 12.5. The maximum absolute atomic E-state index is 12.5. The minimum atomic E-state index is -0.410. The molecule has 150 valence electrons. The third-order valence-electron chi connectivity index (χ3n) is 4.83. The molecule has 0 spiro atoms. The van der Waals surface area contributed by atoms with E-state index >= 15 is 0 Å². The van der Waals surface area contributed by atoms with Gasteiger partial charge in [-0.25, -0.2) is 9.67 Å². The van der Waals surface area contributed by atoms with Crippen LogP contribution in [0.4, 0.5) is 0 Å². The van der Waals surface area contributed by atoms with Crippen molar-refractivity contribution in [1.82, 2.24) is 25.0 Å². The molecule has 1 aromatic heterocycles. The molecule has 1 aliphatic heterocycles. The second kappa shape index (κ2) is 8.12. The van der Waals surface area contributed by atoms with Gasteiger partial charge >= 0.3 is 0 Å². The highest BCUT2D eigenvalue weighted by Crippen LogP contribution is 2.24. The van der Waals surface area contributed by atoms with E-state index in [4.69, 9.17) is 0 Å². The zero-order valence-electron chi connectivity index (χ0n) is 16.1. The van der Waals surface area contributed by atoms with Gasteiger partial charge in [-0.3, -0.25) is 19.3 Å². The molecule has 8 nitrogen and oxygen atoms in total. The summed E-state index contributed by atoms with van der Waals surface area (Å²) >= 11 is 0. The molecule has 2 heterocycles. The predicted octanol–water partition coefficient (Wildman–Crippen LogP) is 2.04. The molecule has 0 saturated carbocycles. The maximum Gasteiger partial charge on any atom is 0.261 e. The molecule has 0 aliphatic carbocycles. The number of hydrogen-bond acceptors (Lipinski definition) is 5. The van der Waals surface area contributed by atoms with Gasteiger partial charge in [-0.1, -0.05) is 30.3 Å². The lowest BCUT2D eigenvalue weighted by molar-refractivity contribution is 0.0672. The van der Waals surface area contributed by atoms with Crippen LogP contribution in [0, 0.1) is 0 Å². The Kier molecular flexibility index (Phi) is 5.21. The fourth-order valence-electron chi connectivity index (χ4n) is 3.28. The highest BCUT2D eigenvalue weighted by molar-refractivity contribution is 6.22. The van der Waals surface area contributed by atoms with Crippen LogP contribution in [0.15, 0.2) is 67.8 Å². The van der Waals surface area contributed by atoms with E-state index in [0.717, 1.165) is 16.0 Å². The number of fused-ring (bicyclic) bond motifs is 1. The minimum Gasteiger partial charge on any atom is -0.348 e. The lowest BCUT2D eigenvalue weighted by atomic mass is 10.1. The van der Waals surface area contributed by atoms with Crippen molar-refractivity contribution in [1.29, 1.82) is 0 Å². The molecule has 4 rings (SSSR count). The lowest BCUT2D eigenvalue weighted by Crippen LogP contribution is -2.29. The second-order valence-corrected chi connectivity index (χ2v) is 6.86. The summed E-state index contributed by atoms with van der Waals surface area (Å²) in [7, 11) is 0. The number of carbonyl (C=O) groups excluding carboxylic acids is 3. The second-order valence-electron chi connectivity index (χ2n) is 6.86. The number of benzene rings is 2. The predicted molar refractivity (Wildman–Crippen MR) is 109 cm³/mol. The van der Waals surface area contributed by atoms with Crippen LogP contribution in [0.2, 0.25) is 0 Å². The van der Waals surface area contributed by atoms with Crippen LogP contribution in [0.1, 0.15) is 42.2 Å². The van der Waals surface area contributed by atoms with Gasteiger partial charge in [0, 0.05) is 18.7 Å². The molecule has 0 atom stereocenters. The quantitative estimate of drug-likeness (QED) is 0.483. The zero-order valence-corrected chi connectivity index (χ0v) is 16.1. The fraction of sp³-hybridized carbons (Fsp3) is 0.136. The first-order valence-electron chi connectivity index (χ1n) is 9.36. The Labute approximate surface area is 172 Å².